The highest BCUT2D eigenvalue weighted by Crippen LogP contribution is 2.23. The Morgan fingerprint density at radius 1 is 1.29 bits per heavy atom. The van der Waals surface area contributed by atoms with Crippen LogP contribution in [0.2, 0.25) is 0 Å². The first kappa shape index (κ1) is 17.5. The van der Waals surface area contributed by atoms with Crippen LogP contribution in [0.15, 0.2) is 42.6 Å². The summed E-state index contributed by atoms with van der Waals surface area (Å²) in [4.78, 5) is 15.7. The molecule has 0 aliphatic carbocycles. The van der Waals surface area contributed by atoms with Crippen LogP contribution < -0.4 is 10.5 Å². The molecule has 0 spiro atoms. The zero-order valence-corrected chi connectivity index (χ0v) is 14.0. The summed E-state index contributed by atoms with van der Waals surface area (Å²) in [5, 5.41) is 0. The van der Waals surface area contributed by atoms with Crippen molar-refractivity contribution < 1.29 is 14.3 Å². The number of carbonyl (C=O) groups excluding carboxylic acids is 1. The number of rotatable bonds is 7. The summed E-state index contributed by atoms with van der Waals surface area (Å²) in [6, 6.07) is 9.05. The van der Waals surface area contributed by atoms with Crippen LogP contribution in [0.1, 0.15) is 30.9 Å². The fourth-order valence-corrected chi connectivity index (χ4v) is 1.99. The molecule has 0 aliphatic heterocycles. The molecule has 1 aromatic carbocycles. The normalized spacial score (nSPS) is 10.8. The second-order valence-corrected chi connectivity index (χ2v) is 5.40. The molecular formula is C19H22N2O3. The molecule has 0 saturated heterocycles. The molecule has 24 heavy (non-hydrogen) atoms. The van der Waals surface area contributed by atoms with Crippen molar-refractivity contribution in [1.29, 1.82) is 0 Å². The first-order valence-electron chi connectivity index (χ1n) is 7.93. The quantitative estimate of drug-likeness (QED) is 0.470. The maximum atomic E-state index is 11.6. The standard InChI is InChI=1S/C19H22N2O3/c1-3-4-11-23-19(22)10-6-15-5-8-17(12-14(15)2)24-18-9-7-16(20)13-21-18/h5-10,12-13H,3-4,11,20H2,1-2H3/b10-6+. The van der Waals surface area contributed by atoms with Crippen molar-refractivity contribution in [3.8, 4) is 11.6 Å². The molecule has 126 valence electrons. The monoisotopic (exact) mass is 326 g/mol. The first-order chi connectivity index (χ1) is 11.6. The van der Waals surface area contributed by atoms with Crippen LogP contribution in [-0.2, 0) is 9.53 Å². The predicted molar refractivity (Wildman–Crippen MR) is 94.8 cm³/mol. The summed E-state index contributed by atoms with van der Waals surface area (Å²) >= 11 is 0. The van der Waals surface area contributed by atoms with E-state index in [1.165, 1.54) is 6.08 Å². The van der Waals surface area contributed by atoms with E-state index in [4.69, 9.17) is 15.2 Å². The lowest BCUT2D eigenvalue weighted by molar-refractivity contribution is -0.137. The third-order valence-electron chi connectivity index (χ3n) is 3.36. The summed E-state index contributed by atoms with van der Waals surface area (Å²) in [6.07, 6.45) is 6.61. The lowest BCUT2D eigenvalue weighted by atomic mass is 10.1. The largest absolute Gasteiger partial charge is 0.463 e. The van der Waals surface area contributed by atoms with Gasteiger partial charge in [0.25, 0.3) is 0 Å². The fraction of sp³-hybridized carbons (Fsp3) is 0.263. The van der Waals surface area contributed by atoms with E-state index in [2.05, 4.69) is 11.9 Å². The molecule has 5 heteroatoms. The maximum absolute atomic E-state index is 11.6. The molecule has 2 rings (SSSR count). The lowest BCUT2D eigenvalue weighted by Crippen LogP contribution is -2.01. The summed E-state index contributed by atoms with van der Waals surface area (Å²) in [6.45, 7) is 4.46. The molecule has 0 radical (unpaired) electrons. The van der Waals surface area contributed by atoms with Gasteiger partial charge in [0.15, 0.2) is 0 Å². The molecular weight excluding hydrogens is 304 g/mol. The molecule has 0 atom stereocenters. The molecule has 2 aromatic rings. The third-order valence-corrected chi connectivity index (χ3v) is 3.36. The van der Waals surface area contributed by atoms with E-state index >= 15 is 0 Å². The van der Waals surface area contributed by atoms with E-state index in [9.17, 15) is 4.79 Å². The van der Waals surface area contributed by atoms with Crippen molar-refractivity contribution in [2.45, 2.75) is 26.7 Å². The number of hydrogen-bond donors (Lipinski definition) is 1. The molecule has 0 bridgehead atoms. The smallest absolute Gasteiger partial charge is 0.330 e. The van der Waals surface area contributed by atoms with Gasteiger partial charge in [0.2, 0.25) is 5.88 Å². The SMILES string of the molecule is CCCCOC(=O)/C=C/c1ccc(Oc2ccc(N)cn2)cc1C. The van der Waals surface area contributed by atoms with E-state index in [-0.39, 0.29) is 5.97 Å². The molecule has 0 amide bonds. The number of benzene rings is 1. The number of nitrogens with zero attached hydrogens (tertiary/aromatic N) is 1. The Morgan fingerprint density at radius 3 is 2.79 bits per heavy atom. The highest BCUT2D eigenvalue weighted by Gasteiger charge is 2.03. The van der Waals surface area contributed by atoms with Crippen LogP contribution in [0.25, 0.3) is 6.08 Å². The average Bonchev–Trinajstić information content (AvgIpc) is 2.56. The lowest BCUT2D eigenvalue weighted by Gasteiger charge is -2.07. The first-order valence-corrected chi connectivity index (χ1v) is 7.93. The highest BCUT2D eigenvalue weighted by molar-refractivity contribution is 5.87. The number of aryl methyl sites for hydroxylation is 1. The van der Waals surface area contributed by atoms with Gasteiger partial charge in [-0.2, -0.15) is 0 Å². The topological polar surface area (TPSA) is 74.4 Å². The molecule has 1 aromatic heterocycles. The van der Waals surface area contributed by atoms with Crippen LogP contribution in [0, 0.1) is 6.92 Å². The van der Waals surface area contributed by atoms with Gasteiger partial charge >= 0.3 is 5.97 Å². The number of anilines is 1. The van der Waals surface area contributed by atoms with Gasteiger partial charge in [0, 0.05) is 12.1 Å². The Hall–Kier alpha value is -2.82. The van der Waals surface area contributed by atoms with Crippen molar-refractivity contribution in [2.75, 3.05) is 12.3 Å². The molecule has 0 fully saturated rings. The second kappa shape index (κ2) is 8.72. The minimum atomic E-state index is -0.325. The molecule has 0 saturated carbocycles. The minimum absolute atomic E-state index is 0.325. The van der Waals surface area contributed by atoms with Crippen molar-refractivity contribution in [1.82, 2.24) is 4.98 Å². The number of hydrogen-bond acceptors (Lipinski definition) is 5. The Balaban J connectivity index is 1.98. The van der Waals surface area contributed by atoms with Crippen LogP contribution in [-0.4, -0.2) is 17.6 Å². The van der Waals surface area contributed by atoms with E-state index in [0.717, 1.165) is 24.0 Å². The Kier molecular flexibility index (Phi) is 6.37. The molecule has 5 nitrogen and oxygen atoms in total. The van der Waals surface area contributed by atoms with E-state index < -0.39 is 0 Å². The molecule has 2 N–H and O–H groups in total. The predicted octanol–water partition coefficient (Wildman–Crippen LogP) is 4.12. The fourth-order valence-electron chi connectivity index (χ4n) is 1.99. The molecule has 0 unspecified atom stereocenters. The van der Waals surface area contributed by atoms with Gasteiger partial charge in [-0.05, 0) is 48.7 Å². The van der Waals surface area contributed by atoms with Gasteiger partial charge < -0.3 is 15.2 Å². The van der Waals surface area contributed by atoms with Crippen molar-refractivity contribution >= 4 is 17.7 Å². The number of nitrogen functional groups attached to an aromatic ring is 1. The maximum Gasteiger partial charge on any atom is 0.330 e. The van der Waals surface area contributed by atoms with Gasteiger partial charge in [0.1, 0.15) is 5.75 Å². The van der Waals surface area contributed by atoms with Gasteiger partial charge in [0.05, 0.1) is 18.5 Å². The van der Waals surface area contributed by atoms with Crippen molar-refractivity contribution in [2.24, 2.45) is 0 Å². The van der Waals surface area contributed by atoms with E-state index in [0.29, 0.717) is 23.9 Å². The van der Waals surface area contributed by atoms with E-state index in [1.54, 1.807) is 24.4 Å². The Morgan fingerprint density at radius 2 is 2.12 bits per heavy atom. The van der Waals surface area contributed by atoms with Crippen molar-refractivity contribution in [3.63, 3.8) is 0 Å². The number of unbranched alkanes of at least 4 members (excludes halogenated alkanes) is 1. The molecule has 0 aliphatic rings. The highest BCUT2D eigenvalue weighted by atomic mass is 16.5. The van der Waals surface area contributed by atoms with Gasteiger partial charge in [-0.3, -0.25) is 0 Å². The van der Waals surface area contributed by atoms with Crippen molar-refractivity contribution in [3.05, 3.63) is 53.7 Å². The zero-order chi connectivity index (χ0) is 17.4. The minimum Gasteiger partial charge on any atom is -0.463 e. The van der Waals surface area contributed by atoms with Gasteiger partial charge in [-0.15, -0.1) is 0 Å². The number of pyridine rings is 1. The zero-order valence-electron chi connectivity index (χ0n) is 14.0. The van der Waals surface area contributed by atoms with Crippen LogP contribution in [0.4, 0.5) is 5.69 Å². The summed E-state index contributed by atoms with van der Waals surface area (Å²) in [5.74, 6) is 0.827. The van der Waals surface area contributed by atoms with Crippen LogP contribution in [0.3, 0.4) is 0 Å². The Bertz CT molecular complexity index is 709. The second-order valence-electron chi connectivity index (χ2n) is 5.40. The summed E-state index contributed by atoms with van der Waals surface area (Å²) < 4.78 is 10.8. The summed E-state index contributed by atoms with van der Waals surface area (Å²) in [7, 11) is 0. The number of aromatic nitrogens is 1. The van der Waals surface area contributed by atoms with E-state index in [1.807, 2.05) is 25.1 Å². The van der Waals surface area contributed by atoms with Crippen LogP contribution in [0.5, 0.6) is 11.6 Å². The average molecular weight is 326 g/mol. The van der Waals surface area contributed by atoms with Gasteiger partial charge in [-0.25, -0.2) is 9.78 Å². The third kappa shape index (κ3) is 5.43. The number of carbonyl (C=O) groups is 1. The number of nitrogens with two attached hydrogens (primary N) is 1. The Labute approximate surface area is 142 Å². The van der Waals surface area contributed by atoms with Gasteiger partial charge in [-0.1, -0.05) is 19.4 Å². The summed E-state index contributed by atoms with van der Waals surface area (Å²) in [5.41, 5.74) is 8.10. The number of esters is 1. The molecule has 1 heterocycles. The number of ether oxygens (including phenoxy) is 2. The van der Waals surface area contributed by atoms with Crippen LogP contribution >= 0.6 is 0 Å².